The Morgan fingerprint density at radius 1 is 1.40 bits per heavy atom. The molecule has 0 aliphatic heterocycles. The lowest BCUT2D eigenvalue weighted by Gasteiger charge is -2.19. The van der Waals surface area contributed by atoms with Gasteiger partial charge in [0.1, 0.15) is 12.1 Å². The molecule has 1 heterocycles. The lowest BCUT2D eigenvalue weighted by Crippen LogP contribution is -2.34. The Morgan fingerprint density at radius 2 is 2.10 bits per heavy atom. The largest absolute Gasteiger partial charge is 0.444 e. The summed E-state index contributed by atoms with van der Waals surface area (Å²) in [6.45, 7) is 6.38. The first-order valence-electron chi connectivity index (χ1n) is 6.28. The van der Waals surface area contributed by atoms with Gasteiger partial charge in [-0.1, -0.05) is 0 Å². The molecule has 1 aromatic heterocycles. The van der Waals surface area contributed by atoms with Crippen LogP contribution in [0.5, 0.6) is 0 Å². The lowest BCUT2D eigenvalue weighted by atomic mass is 10.2. The second kappa shape index (κ2) is 6.78. The molecule has 0 radical (unpaired) electrons. The molecule has 1 rings (SSSR count). The van der Waals surface area contributed by atoms with E-state index in [0.29, 0.717) is 13.1 Å². The first-order chi connectivity index (χ1) is 9.26. The maximum absolute atomic E-state index is 11.4. The zero-order chi connectivity index (χ0) is 15.2. The summed E-state index contributed by atoms with van der Waals surface area (Å²) in [5, 5.41) is 9.63. The number of ether oxygens (including phenoxy) is 1. The summed E-state index contributed by atoms with van der Waals surface area (Å²) in [7, 11) is 0. The fourth-order valence-corrected chi connectivity index (χ4v) is 1.39. The molecule has 0 fully saturated rings. The Balaban J connectivity index is 2.23. The molecule has 20 heavy (non-hydrogen) atoms. The van der Waals surface area contributed by atoms with Crippen molar-refractivity contribution in [2.75, 3.05) is 18.4 Å². The van der Waals surface area contributed by atoms with Crippen LogP contribution in [0.1, 0.15) is 20.8 Å². The lowest BCUT2D eigenvalue weighted by molar-refractivity contribution is -0.118. The quantitative estimate of drug-likeness (QED) is 0.650. The maximum atomic E-state index is 11.4. The number of nitrogens with zero attached hydrogens (tertiary/aromatic N) is 2. The average Bonchev–Trinajstić information content (AvgIpc) is 2.68. The van der Waals surface area contributed by atoms with Crippen molar-refractivity contribution >= 4 is 17.7 Å². The number of rotatable bonds is 6. The van der Waals surface area contributed by atoms with E-state index in [1.165, 1.54) is 4.68 Å². The fraction of sp³-hybridized carbons (Fsp3) is 0.583. The second-order valence-electron chi connectivity index (χ2n) is 5.25. The molecule has 0 saturated carbocycles. The molecule has 112 valence electrons. The van der Waals surface area contributed by atoms with Gasteiger partial charge < -0.3 is 21.1 Å². The number of aromatic nitrogens is 2. The molecule has 8 nitrogen and oxygen atoms in total. The summed E-state index contributed by atoms with van der Waals surface area (Å²) in [4.78, 5) is 22.1. The molecule has 0 aliphatic carbocycles. The van der Waals surface area contributed by atoms with Crippen molar-refractivity contribution in [2.45, 2.75) is 32.9 Å². The Morgan fingerprint density at radius 3 is 2.70 bits per heavy atom. The number of nitrogens with two attached hydrogens (primary N) is 1. The number of hydrogen-bond donors (Lipinski definition) is 3. The minimum atomic E-state index is -0.507. The SMILES string of the molecule is CC(C)(C)OC(=O)NCCNc1cnn(CC(N)=O)c1. The van der Waals surface area contributed by atoms with Crippen LogP contribution in [0, 0.1) is 0 Å². The topological polar surface area (TPSA) is 111 Å². The molecule has 0 unspecified atom stereocenters. The van der Waals surface area contributed by atoms with Crippen molar-refractivity contribution in [1.82, 2.24) is 15.1 Å². The Bertz CT molecular complexity index is 464. The molecule has 0 aliphatic rings. The third-order valence-corrected chi connectivity index (χ3v) is 2.07. The molecule has 2 amide bonds. The Labute approximate surface area is 117 Å². The van der Waals surface area contributed by atoms with E-state index in [-0.39, 0.29) is 6.54 Å². The molecule has 0 spiro atoms. The van der Waals surface area contributed by atoms with E-state index in [1.54, 1.807) is 33.2 Å². The van der Waals surface area contributed by atoms with E-state index in [0.717, 1.165) is 5.69 Å². The van der Waals surface area contributed by atoms with Crippen molar-refractivity contribution in [2.24, 2.45) is 5.73 Å². The summed E-state index contributed by atoms with van der Waals surface area (Å²) in [5.74, 6) is -0.453. The summed E-state index contributed by atoms with van der Waals surface area (Å²) in [6.07, 6.45) is 2.79. The monoisotopic (exact) mass is 283 g/mol. The van der Waals surface area contributed by atoms with Gasteiger partial charge in [-0.05, 0) is 20.8 Å². The summed E-state index contributed by atoms with van der Waals surface area (Å²) < 4.78 is 6.53. The highest BCUT2D eigenvalue weighted by molar-refractivity contribution is 5.73. The molecule has 4 N–H and O–H groups in total. The zero-order valence-corrected chi connectivity index (χ0v) is 12.0. The molecule has 1 aromatic rings. The Hall–Kier alpha value is -2.25. The minimum absolute atomic E-state index is 0.0395. The van der Waals surface area contributed by atoms with Crippen molar-refractivity contribution in [3.8, 4) is 0 Å². The van der Waals surface area contributed by atoms with Gasteiger partial charge in [0.2, 0.25) is 5.91 Å². The van der Waals surface area contributed by atoms with Crippen LogP contribution in [-0.4, -0.2) is 40.5 Å². The first-order valence-corrected chi connectivity index (χ1v) is 6.28. The van der Waals surface area contributed by atoms with Crippen LogP contribution in [0.25, 0.3) is 0 Å². The number of alkyl carbamates (subject to hydrolysis) is 1. The Kier molecular flexibility index (Phi) is 5.36. The molecule has 0 atom stereocenters. The predicted molar refractivity (Wildman–Crippen MR) is 74.1 cm³/mol. The van der Waals surface area contributed by atoms with Gasteiger partial charge in [0.25, 0.3) is 0 Å². The van der Waals surface area contributed by atoms with Crippen LogP contribution in [0.4, 0.5) is 10.5 Å². The normalized spacial score (nSPS) is 10.9. The van der Waals surface area contributed by atoms with Crippen LogP contribution in [0.15, 0.2) is 12.4 Å². The molecule has 8 heteroatoms. The number of primary amides is 1. The van der Waals surface area contributed by atoms with Gasteiger partial charge >= 0.3 is 6.09 Å². The minimum Gasteiger partial charge on any atom is -0.444 e. The van der Waals surface area contributed by atoms with Gasteiger partial charge in [-0.2, -0.15) is 5.10 Å². The molecule has 0 aromatic carbocycles. The zero-order valence-electron chi connectivity index (χ0n) is 12.0. The van der Waals surface area contributed by atoms with Gasteiger partial charge in [-0.15, -0.1) is 0 Å². The number of anilines is 1. The molecule has 0 bridgehead atoms. The van der Waals surface area contributed by atoms with Gasteiger partial charge in [-0.25, -0.2) is 4.79 Å². The molecular weight excluding hydrogens is 262 g/mol. The number of amides is 2. The third-order valence-electron chi connectivity index (χ3n) is 2.07. The van der Waals surface area contributed by atoms with Gasteiger partial charge in [-0.3, -0.25) is 9.48 Å². The van der Waals surface area contributed by atoms with E-state index < -0.39 is 17.6 Å². The summed E-state index contributed by atoms with van der Waals surface area (Å²) in [6, 6.07) is 0. The van der Waals surface area contributed by atoms with E-state index in [2.05, 4.69) is 15.7 Å². The second-order valence-corrected chi connectivity index (χ2v) is 5.25. The van der Waals surface area contributed by atoms with Crippen LogP contribution >= 0.6 is 0 Å². The van der Waals surface area contributed by atoms with Gasteiger partial charge in [0.05, 0.1) is 11.9 Å². The smallest absolute Gasteiger partial charge is 0.407 e. The molecule has 0 saturated heterocycles. The number of hydrogen-bond acceptors (Lipinski definition) is 5. The van der Waals surface area contributed by atoms with Crippen LogP contribution in [-0.2, 0) is 16.1 Å². The number of carbonyl (C=O) groups is 2. The highest BCUT2D eigenvalue weighted by Crippen LogP contribution is 2.06. The van der Waals surface area contributed by atoms with Gasteiger partial charge in [0.15, 0.2) is 0 Å². The fourth-order valence-electron chi connectivity index (χ4n) is 1.39. The number of nitrogens with one attached hydrogen (secondary N) is 2. The van der Waals surface area contributed by atoms with Crippen molar-refractivity contribution in [3.63, 3.8) is 0 Å². The summed E-state index contributed by atoms with van der Waals surface area (Å²) >= 11 is 0. The summed E-state index contributed by atoms with van der Waals surface area (Å²) in [5.41, 5.74) is 5.30. The standard InChI is InChI=1S/C12H21N5O3/c1-12(2,3)20-11(19)15-5-4-14-9-6-16-17(7-9)8-10(13)18/h6-7,14H,4-5,8H2,1-3H3,(H2,13,18)(H,15,19). The first kappa shape index (κ1) is 15.8. The van der Waals surface area contributed by atoms with Crippen molar-refractivity contribution in [3.05, 3.63) is 12.4 Å². The van der Waals surface area contributed by atoms with E-state index >= 15 is 0 Å². The number of carbonyl (C=O) groups excluding carboxylic acids is 2. The highest BCUT2D eigenvalue weighted by Gasteiger charge is 2.15. The van der Waals surface area contributed by atoms with E-state index in [1.807, 2.05) is 0 Å². The van der Waals surface area contributed by atoms with Crippen LogP contribution in [0.2, 0.25) is 0 Å². The third kappa shape index (κ3) is 6.62. The van der Waals surface area contributed by atoms with Crippen LogP contribution < -0.4 is 16.4 Å². The maximum Gasteiger partial charge on any atom is 0.407 e. The van der Waals surface area contributed by atoms with E-state index in [4.69, 9.17) is 10.5 Å². The highest BCUT2D eigenvalue weighted by atomic mass is 16.6. The van der Waals surface area contributed by atoms with E-state index in [9.17, 15) is 9.59 Å². The van der Waals surface area contributed by atoms with Crippen molar-refractivity contribution in [1.29, 1.82) is 0 Å². The van der Waals surface area contributed by atoms with Crippen molar-refractivity contribution < 1.29 is 14.3 Å². The average molecular weight is 283 g/mol. The van der Waals surface area contributed by atoms with Crippen LogP contribution in [0.3, 0.4) is 0 Å². The van der Waals surface area contributed by atoms with Gasteiger partial charge in [0, 0.05) is 19.3 Å². The predicted octanol–water partition coefficient (Wildman–Crippen LogP) is 0.305. The molecular formula is C12H21N5O3.